The van der Waals surface area contributed by atoms with Crippen molar-refractivity contribution in [2.24, 2.45) is 0 Å². The molecule has 136 valence electrons. The maximum atomic E-state index is 14.1. The van der Waals surface area contributed by atoms with Gasteiger partial charge in [0.05, 0.1) is 22.2 Å². The van der Waals surface area contributed by atoms with Crippen LogP contribution in [0.25, 0.3) is 22.3 Å². The number of benzene rings is 2. The molecule has 27 heavy (non-hydrogen) atoms. The number of halogens is 1. The van der Waals surface area contributed by atoms with Crippen molar-refractivity contribution in [2.75, 3.05) is 0 Å². The van der Waals surface area contributed by atoms with E-state index in [1.54, 1.807) is 24.3 Å². The molecule has 0 unspecified atom stereocenters. The molecule has 2 aromatic heterocycles. The predicted molar refractivity (Wildman–Crippen MR) is 103 cm³/mol. The first kappa shape index (κ1) is 17.4. The molecule has 0 amide bonds. The van der Waals surface area contributed by atoms with Gasteiger partial charge in [0.15, 0.2) is 11.0 Å². The Morgan fingerprint density at radius 2 is 1.89 bits per heavy atom. The second-order valence-electron chi connectivity index (χ2n) is 5.85. The van der Waals surface area contributed by atoms with Gasteiger partial charge in [-0.1, -0.05) is 36.0 Å². The summed E-state index contributed by atoms with van der Waals surface area (Å²) < 4.78 is 16.0. The second-order valence-corrected chi connectivity index (χ2v) is 6.79. The van der Waals surface area contributed by atoms with Crippen LogP contribution >= 0.6 is 11.8 Å². The van der Waals surface area contributed by atoms with E-state index in [2.05, 4.69) is 20.2 Å². The highest BCUT2D eigenvalue weighted by molar-refractivity contribution is 7.98. The fourth-order valence-electron chi connectivity index (χ4n) is 2.86. The maximum absolute atomic E-state index is 14.1. The highest BCUT2D eigenvalue weighted by Crippen LogP contribution is 2.27. The summed E-state index contributed by atoms with van der Waals surface area (Å²) in [5.74, 6) is 1.13. The smallest absolute Gasteiger partial charge is 0.258 e. The number of nitrogens with one attached hydrogen (secondary N) is 1. The van der Waals surface area contributed by atoms with Crippen molar-refractivity contribution in [2.45, 2.75) is 24.4 Å². The van der Waals surface area contributed by atoms with Crippen molar-refractivity contribution in [1.82, 2.24) is 24.7 Å². The average molecular weight is 381 g/mol. The minimum atomic E-state index is -0.336. The number of para-hydroxylation sites is 1. The van der Waals surface area contributed by atoms with Crippen molar-refractivity contribution in [1.29, 1.82) is 0 Å². The Morgan fingerprint density at radius 1 is 1.11 bits per heavy atom. The van der Waals surface area contributed by atoms with Crippen molar-refractivity contribution < 1.29 is 4.39 Å². The molecule has 0 spiro atoms. The Bertz CT molecular complexity index is 1170. The molecule has 0 aliphatic carbocycles. The van der Waals surface area contributed by atoms with Gasteiger partial charge in [-0.15, -0.1) is 10.2 Å². The minimum Gasteiger partial charge on any atom is -0.309 e. The molecule has 0 radical (unpaired) electrons. The molecule has 0 fully saturated rings. The molecule has 0 aliphatic heterocycles. The van der Waals surface area contributed by atoms with Crippen LogP contribution in [-0.2, 0) is 12.3 Å². The summed E-state index contributed by atoms with van der Waals surface area (Å²) in [4.78, 5) is 19.5. The topological polar surface area (TPSA) is 76.5 Å². The van der Waals surface area contributed by atoms with Crippen LogP contribution in [0.4, 0.5) is 4.39 Å². The van der Waals surface area contributed by atoms with E-state index in [1.165, 1.54) is 17.8 Å². The fourth-order valence-corrected chi connectivity index (χ4v) is 3.73. The summed E-state index contributed by atoms with van der Waals surface area (Å²) >= 11 is 1.40. The Labute approximate surface area is 158 Å². The number of H-pyrrole nitrogens is 1. The molecule has 0 aliphatic rings. The van der Waals surface area contributed by atoms with E-state index in [4.69, 9.17) is 0 Å². The normalized spacial score (nSPS) is 11.2. The Kier molecular flexibility index (Phi) is 4.72. The first-order valence-corrected chi connectivity index (χ1v) is 9.44. The number of nitrogens with zero attached hydrogens (tertiary/aromatic N) is 4. The van der Waals surface area contributed by atoms with Crippen molar-refractivity contribution in [3.8, 4) is 11.4 Å². The Hall–Kier alpha value is -3.00. The molecule has 8 heteroatoms. The van der Waals surface area contributed by atoms with Crippen LogP contribution in [-0.4, -0.2) is 24.7 Å². The predicted octanol–water partition coefficient (Wildman–Crippen LogP) is 3.63. The third-order valence-electron chi connectivity index (χ3n) is 4.15. The molecule has 0 saturated heterocycles. The lowest BCUT2D eigenvalue weighted by molar-refractivity contribution is 0.624. The number of hydrogen-bond acceptors (Lipinski definition) is 5. The molecule has 4 rings (SSSR count). The first-order valence-electron chi connectivity index (χ1n) is 8.46. The van der Waals surface area contributed by atoms with E-state index in [-0.39, 0.29) is 11.4 Å². The second kappa shape index (κ2) is 7.32. The van der Waals surface area contributed by atoms with Crippen molar-refractivity contribution >= 4 is 22.7 Å². The van der Waals surface area contributed by atoms with Gasteiger partial charge in [-0.2, -0.15) is 0 Å². The lowest BCUT2D eigenvalue weighted by Gasteiger charge is -2.08. The van der Waals surface area contributed by atoms with Crippen LogP contribution in [0.5, 0.6) is 0 Å². The standard InChI is InChI=1S/C19H16FN5OS/c1-2-25-17(12-7-3-5-9-14(12)20)23-24-19(25)27-11-16-21-15-10-6-4-8-13(15)18(26)22-16/h3-10H,2,11H2,1H3,(H,21,22,26). The lowest BCUT2D eigenvalue weighted by atomic mass is 10.2. The van der Waals surface area contributed by atoms with Gasteiger partial charge in [0, 0.05) is 6.54 Å². The van der Waals surface area contributed by atoms with Gasteiger partial charge >= 0.3 is 0 Å². The zero-order valence-corrected chi connectivity index (χ0v) is 15.3. The number of rotatable bonds is 5. The van der Waals surface area contributed by atoms with Gasteiger partial charge in [-0.05, 0) is 31.2 Å². The van der Waals surface area contributed by atoms with Gasteiger partial charge in [-0.3, -0.25) is 4.79 Å². The van der Waals surface area contributed by atoms with Crippen LogP contribution in [0.3, 0.4) is 0 Å². The molecular formula is C19H16FN5OS. The molecule has 0 atom stereocenters. The highest BCUT2D eigenvalue weighted by Gasteiger charge is 2.16. The number of aromatic amines is 1. The third-order valence-corrected chi connectivity index (χ3v) is 5.13. The van der Waals surface area contributed by atoms with Crippen LogP contribution in [0.2, 0.25) is 0 Å². The summed E-state index contributed by atoms with van der Waals surface area (Å²) in [6.45, 7) is 2.55. The van der Waals surface area contributed by atoms with Gasteiger partial charge in [0.1, 0.15) is 11.6 Å². The summed E-state index contributed by atoms with van der Waals surface area (Å²) in [5.41, 5.74) is 0.900. The summed E-state index contributed by atoms with van der Waals surface area (Å²) in [7, 11) is 0. The summed E-state index contributed by atoms with van der Waals surface area (Å²) in [6.07, 6.45) is 0. The minimum absolute atomic E-state index is 0.166. The van der Waals surface area contributed by atoms with Gasteiger partial charge in [0.25, 0.3) is 5.56 Å². The monoisotopic (exact) mass is 381 g/mol. The van der Waals surface area contributed by atoms with E-state index in [0.717, 1.165) is 0 Å². The highest BCUT2D eigenvalue weighted by atomic mass is 32.2. The van der Waals surface area contributed by atoms with Gasteiger partial charge < -0.3 is 9.55 Å². The Morgan fingerprint density at radius 3 is 2.70 bits per heavy atom. The largest absolute Gasteiger partial charge is 0.309 e. The van der Waals surface area contributed by atoms with E-state index in [9.17, 15) is 9.18 Å². The molecule has 0 saturated carbocycles. The van der Waals surface area contributed by atoms with E-state index in [1.807, 2.05) is 29.7 Å². The zero-order valence-electron chi connectivity index (χ0n) is 14.5. The van der Waals surface area contributed by atoms with Crippen LogP contribution in [0, 0.1) is 5.82 Å². The number of aromatic nitrogens is 5. The van der Waals surface area contributed by atoms with E-state index < -0.39 is 0 Å². The number of thioether (sulfide) groups is 1. The van der Waals surface area contributed by atoms with Gasteiger partial charge in [-0.25, -0.2) is 9.37 Å². The fraction of sp³-hybridized carbons (Fsp3) is 0.158. The van der Waals surface area contributed by atoms with Crippen molar-refractivity contribution in [3.05, 3.63) is 70.5 Å². The Balaban J connectivity index is 1.63. The van der Waals surface area contributed by atoms with Crippen molar-refractivity contribution in [3.63, 3.8) is 0 Å². The number of fused-ring (bicyclic) bond motifs is 1. The first-order chi connectivity index (χ1) is 13.2. The third kappa shape index (κ3) is 3.35. The lowest BCUT2D eigenvalue weighted by Crippen LogP contribution is -2.11. The number of hydrogen-bond donors (Lipinski definition) is 1. The van der Waals surface area contributed by atoms with Gasteiger partial charge in [0.2, 0.25) is 0 Å². The maximum Gasteiger partial charge on any atom is 0.258 e. The SMILES string of the molecule is CCn1c(SCc2nc3ccccc3c(=O)[nH]2)nnc1-c1ccccc1F. The quantitative estimate of drug-likeness (QED) is 0.534. The molecule has 6 nitrogen and oxygen atoms in total. The van der Waals surface area contributed by atoms with E-state index >= 15 is 0 Å². The molecule has 2 heterocycles. The van der Waals surface area contributed by atoms with Crippen LogP contribution in [0.1, 0.15) is 12.7 Å². The summed E-state index contributed by atoms with van der Waals surface area (Å²) in [6, 6.07) is 13.7. The molecule has 2 aromatic carbocycles. The van der Waals surface area contributed by atoms with Crippen LogP contribution in [0.15, 0.2) is 58.5 Å². The molecule has 4 aromatic rings. The molecule has 1 N–H and O–H groups in total. The average Bonchev–Trinajstić information content (AvgIpc) is 3.09. The van der Waals surface area contributed by atoms with Crippen LogP contribution < -0.4 is 5.56 Å². The molecular weight excluding hydrogens is 365 g/mol. The molecule has 0 bridgehead atoms. The zero-order chi connectivity index (χ0) is 18.8. The van der Waals surface area contributed by atoms with E-state index in [0.29, 0.717) is 45.6 Å². The summed E-state index contributed by atoms with van der Waals surface area (Å²) in [5, 5.41) is 9.56.